The highest BCUT2D eigenvalue weighted by molar-refractivity contribution is 7.90. The van der Waals surface area contributed by atoms with Crippen LogP contribution in [0.4, 0.5) is 0 Å². The third-order valence-electron chi connectivity index (χ3n) is 4.80. The minimum atomic E-state index is -3.89. The van der Waals surface area contributed by atoms with Crippen molar-refractivity contribution >= 4 is 10.0 Å². The summed E-state index contributed by atoms with van der Waals surface area (Å²) in [5.41, 5.74) is 5.00. The van der Waals surface area contributed by atoms with Crippen molar-refractivity contribution < 1.29 is 8.42 Å². The lowest BCUT2D eigenvalue weighted by Crippen LogP contribution is -2.16. The van der Waals surface area contributed by atoms with Gasteiger partial charge in [0.2, 0.25) is 0 Å². The minimum Gasteiger partial charge on any atom is -0.275 e. The van der Waals surface area contributed by atoms with Crippen molar-refractivity contribution in [3.63, 3.8) is 0 Å². The van der Waals surface area contributed by atoms with Gasteiger partial charge in [0.15, 0.2) is 0 Å². The first kappa shape index (κ1) is 19.1. The van der Waals surface area contributed by atoms with E-state index in [-0.39, 0.29) is 4.90 Å². The van der Waals surface area contributed by atoms with Gasteiger partial charge in [0, 0.05) is 37.6 Å². The molecular formula is C20H22N6O2S. The fraction of sp³-hybridized carbons (Fsp3) is 0.250. The first-order valence-electron chi connectivity index (χ1n) is 9.10. The quantitative estimate of drug-likeness (QED) is 0.516. The van der Waals surface area contributed by atoms with Gasteiger partial charge >= 0.3 is 0 Å². The largest absolute Gasteiger partial charge is 0.283 e. The predicted molar refractivity (Wildman–Crippen MR) is 110 cm³/mol. The summed E-state index contributed by atoms with van der Waals surface area (Å²) in [6, 6.07) is 8.53. The Hall–Kier alpha value is -3.20. The second-order valence-corrected chi connectivity index (χ2v) is 8.95. The highest BCUT2D eigenvalue weighted by Crippen LogP contribution is 2.31. The van der Waals surface area contributed by atoms with Gasteiger partial charge < -0.3 is 0 Å². The van der Waals surface area contributed by atoms with E-state index in [1.165, 1.54) is 0 Å². The van der Waals surface area contributed by atoms with Crippen LogP contribution in [-0.4, -0.2) is 37.2 Å². The lowest BCUT2D eigenvalue weighted by atomic mass is 10.1. The van der Waals surface area contributed by atoms with Crippen molar-refractivity contribution in [1.29, 1.82) is 0 Å². The third-order valence-corrected chi connectivity index (χ3v) is 6.40. The lowest BCUT2D eigenvalue weighted by Gasteiger charge is -2.08. The zero-order valence-electron chi connectivity index (χ0n) is 16.9. The van der Waals surface area contributed by atoms with Crippen molar-refractivity contribution in [1.82, 2.24) is 28.7 Å². The molecule has 29 heavy (non-hydrogen) atoms. The Bertz CT molecular complexity index is 1310. The molecule has 9 heteroatoms. The normalized spacial score (nSPS) is 11.9. The van der Waals surface area contributed by atoms with Crippen LogP contribution in [0.5, 0.6) is 0 Å². The van der Waals surface area contributed by atoms with Gasteiger partial charge in [-0.25, -0.2) is 0 Å². The number of benzene rings is 1. The molecule has 0 saturated carbocycles. The fourth-order valence-corrected chi connectivity index (χ4v) is 4.66. The Morgan fingerprint density at radius 3 is 1.86 bits per heavy atom. The van der Waals surface area contributed by atoms with E-state index in [9.17, 15) is 8.42 Å². The molecule has 0 aliphatic heterocycles. The molecule has 0 bridgehead atoms. The van der Waals surface area contributed by atoms with Crippen LogP contribution < -0.4 is 0 Å². The second-order valence-electron chi connectivity index (χ2n) is 7.18. The van der Waals surface area contributed by atoms with Crippen LogP contribution in [0.25, 0.3) is 22.5 Å². The summed E-state index contributed by atoms with van der Waals surface area (Å²) in [6.45, 7) is 5.63. The van der Waals surface area contributed by atoms with Gasteiger partial charge in [-0.1, -0.05) is 17.7 Å². The van der Waals surface area contributed by atoms with E-state index in [1.54, 1.807) is 52.9 Å². The Balaban J connectivity index is 1.98. The molecule has 0 aliphatic carbocycles. The van der Waals surface area contributed by atoms with Gasteiger partial charge in [0.1, 0.15) is 0 Å². The summed E-state index contributed by atoms with van der Waals surface area (Å²) >= 11 is 0. The van der Waals surface area contributed by atoms with Crippen molar-refractivity contribution in [3.05, 3.63) is 59.7 Å². The molecule has 0 radical (unpaired) electrons. The number of aryl methyl sites for hydroxylation is 5. The van der Waals surface area contributed by atoms with E-state index in [4.69, 9.17) is 0 Å². The summed E-state index contributed by atoms with van der Waals surface area (Å²) in [5.74, 6) is 0. The molecule has 0 atom stereocenters. The fourth-order valence-electron chi connectivity index (χ4n) is 3.37. The highest BCUT2D eigenvalue weighted by atomic mass is 32.2. The van der Waals surface area contributed by atoms with Gasteiger partial charge in [0.05, 0.1) is 27.7 Å². The molecular weight excluding hydrogens is 388 g/mol. The maximum absolute atomic E-state index is 13.4. The number of rotatable bonds is 4. The van der Waals surface area contributed by atoms with E-state index in [2.05, 4.69) is 15.3 Å². The summed E-state index contributed by atoms with van der Waals surface area (Å²) in [7, 11) is -0.268. The van der Waals surface area contributed by atoms with Crippen molar-refractivity contribution in [3.8, 4) is 22.5 Å². The second kappa shape index (κ2) is 6.70. The van der Waals surface area contributed by atoms with Gasteiger partial charge in [-0.15, -0.1) is 0 Å². The van der Waals surface area contributed by atoms with Crippen molar-refractivity contribution in [2.24, 2.45) is 14.1 Å². The van der Waals surface area contributed by atoms with Crippen molar-refractivity contribution in [2.45, 2.75) is 25.7 Å². The molecule has 4 rings (SSSR count). The first-order valence-corrected chi connectivity index (χ1v) is 10.5. The van der Waals surface area contributed by atoms with E-state index < -0.39 is 10.0 Å². The molecule has 0 N–H and O–H groups in total. The Kier molecular flexibility index (Phi) is 4.42. The van der Waals surface area contributed by atoms with Crippen LogP contribution in [0.15, 0.2) is 47.6 Å². The summed E-state index contributed by atoms with van der Waals surface area (Å²) < 4.78 is 31.3. The standard InChI is InChI=1S/C20H22N6O2S/c1-13-6-8-16(9-7-13)29(27,28)26-20(18-12-25(5)22-15(18)3)10-19(23-26)17-11-24(4)21-14(17)2/h6-12H,1-5H3. The van der Waals surface area contributed by atoms with Crippen molar-refractivity contribution in [2.75, 3.05) is 0 Å². The molecule has 0 spiro atoms. The van der Waals surface area contributed by atoms with Crippen LogP contribution in [0, 0.1) is 20.8 Å². The van der Waals surface area contributed by atoms with Gasteiger partial charge in [0.25, 0.3) is 10.0 Å². The van der Waals surface area contributed by atoms with Crippen LogP contribution in [-0.2, 0) is 24.1 Å². The molecule has 150 valence electrons. The third kappa shape index (κ3) is 3.27. The Morgan fingerprint density at radius 1 is 0.793 bits per heavy atom. The lowest BCUT2D eigenvalue weighted by molar-refractivity contribution is 0.581. The molecule has 0 unspecified atom stereocenters. The molecule has 0 fully saturated rings. The Morgan fingerprint density at radius 2 is 1.34 bits per heavy atom. The zero-order chi connectivity index (χ0) is 20.9. The molecule has 0 aliphatic rings. The number of hydrogen-bond donors (Lipinski definition) is 0. The minimum absolute atomic E-state index is 0.184. The first-order chi connectivity index (χ1) is 13.7. The average Bonchev–Trinajstić information content (AvgIpc) is 3.32. The molecule has 1 aromatic carbocycles. The molecule has 4 aromatic rings. The number of hydrogen-bond acceptors (Lipinski definition) is 5. The van der Waals surface area contributed by atoms with Gasteiger partial charge in [-0.2, -0.15) is 27.8 Å². The highest BCUT2D eigenvalue weighted by Gasteiger charge is 2.26. The SMILES string of the molecule is Cc1ccc(S(=O)(=O)n2nc(-c3cn(C)nc3C)cc2-c2cn(C)nc2C)cc1. The number of nitrogens with zero attached hydrogens (tertiary/aromatic N) is 6. The molecule has 0 amide bonds. The average molecular weight is 411 g/mol. The van der Waals surface area contributed by atoms with Gasteiger partial charge in [-0.3, -0.25) is 9.36 Å². The predicted octanol–water partition coefficient (Wildman–Crippen LogP) is 2.85. The van der Waals surface area contributed by atoms with Crippen LogP contribution in [0.2, 0.25) is 0 Å². The summed E-state index contributed by atoms with van der Waals surface area (Å²) in [6.07, 6.45) is 3.63. The maximum atomic E-state index is 13.4. The smallest absolute Gasteiger partial charge is 0.275 e. The summed E-state index contributed by atoms with van der Waals surface area (Å²) in [5, 5.41) is 13.2. The number of aromatic nitrogens is 6. The Labute approximate surface area is 169 Å². The topological polar surface area (TPSA) is 87.6 Å². The molecule has 3 aromatic heterocycles. The van der Waals surface area contributed by atoms with E-state index in [0.717, 1.165) is 26.6 Å². The van der Waals surface area contributed by atoms with E-state index in [0.29, 0.717) is 17.0 Å². The molecule has 0 saturated heterocycles. The summed E-state index contributed by atoms with van der Waals surface area (Å²) in [4.78, 5) is 0.184. The molecule has 8 nitrogen and oxygen atoms in total. The molecule has 3 heterocycles. The van der Waals surface area contributed by atoms with Crippen LogP contribution >= 0.6 is 0 Å². The van der Waals surface area contributed by atoms with E-state index >= 15 is 0 Å². The maximum Gasteiger partial charge on any atom is 0.283 e. The van der Waals surface area contributed by atoms with Crippen LogP contribution in [0.1, 0.15) is 17.0 Å². The van der Waals surface area contributed by atoms with Crippen LogP contribution in [0.3, 0.4) is 0 Å². The zero-order valence-corrected chi connectivity index (χ0v) is 17.8. The van der Waals surface area contributed by atoms with E-state index in [1.807, 2.05) is 34.0 Å². The monoisotopic (exact) mass is 410 g/mol. The van der Waals surface area contributed by atoms with Gasteiger partial charge in [-0.05, 0) is 39.0 Å².